The maximum Gasteiger partial charge on any atom is 0.138 e. The van der Waals surface area contributed by atoms with Crippen LogP contribution in [0.15, 0.2) is 0 Å². The zero-order valence-corrected chi connectivity index (χ0v) is 27.7. The lowest BCUT2D eigenvalue weighted by molar-refractivity contribution is -0.869. The second kappa shape index (κ2) is 21.0. The van der Waals surface area contributed by atoms with E-state index in [2.05, 4.69) is 47.1 Å². The third kappa shape index (κ3) is 32.0. The van der Waals surface area contributed by atoms with Gasteiger partial charge < -0.3 is 8.97 Å². The van der Waals surface area contributed by atoms with Gasteiger partial charge in [-0.25, -0.2) is 4.84 Å². The van der Waals surface area contributed by atoms with Crippen LogP contribution in [0.25, 0.3) is 0 Å². The monoisotopic (exact) mass is 564 g/mol. The molecule has 0 saturated heterocycles. The van der Waals surface area contributed by atoms with Crippen molar-refractivity contribution in [3.63, 3.8) is 0 Å². The molecule has 214 valence electrons. The van der Waals surface area contributed by atoms with Gasteiger partial charge >= 0.3 is 0 Å². The first-order valence-corrected chi connectivity index (χ1v) is 13.9. The summed E-state index contributed by atoms with van der Waals surface area (Å²) in [4.78, 5) is 25.9. The molecule has 0 bridgehead atoms. The molecule has 6 nitrogen and oxygen atoms in total. The molecule has 0 aromatic heterocycles. The van der Waals surface area contributed by atoms with Crippen LogP contribution in [0.1, 0.15) is 93.9 Å². The van der Waals surface area contributed by atoms with Gasteiger partial charge in [0.2, 0.25) is 0 Å². The summed E-state index contributed by atoms with van der Waals surface area (Å²) in [6, 6.07) is 0. The van der Waals surface area contributed by atoms with Crippen molar-refractivity contribution in [3.8, 4) is 0 Å². The Bertz CT molecular complexity index is 542. The number of hydrogen-bond acceptors (Lipinski definition) is 4. The Morgan fingerprint density at radius 2 is 1.00 bits per heavy atom. The number of carbonyl (C=O) groups excluding carboxylic acids is 2. The highest BCUT2D eigenvalue weighted by Crippen LogP contribution is 2.25. The van der Waals surface area contributed by atoms with Gasteiger partial charge in [-0.2, -0.15) is 0 Å². The van der Waals surface area contributed by atoms with Crippen molar-refractivity contribution >= 4 is 46.9 Å². The van der Waals surface area contributed by atoms with Gasteiger partial charge in [0, 0.05) is 23.9 Å². The Hall–Kier alpha value is 0.0500. The van der Waals surface area contributed by atoms with Gasteiger partial charge in [0.05, 0.1) is 68.2 Å². The fourth-order valence-electron chi connectivity index (χ4n) is 2.20. The Kier molecular flexibility index (Phi) is 25.3. The summed E-state index contributed by atoms with van der Waals surface area (Å²) in [6.45, 7) is 17.6. The molecule has 0 fully saturated rings. The number of nitrogens with zero attached hydrogens (tertiary/aromatic N) is 3. The van der Waals surface area contributed by atoms with Gasteiger partial charge in [-0.1, -0.05) is 27.7 Å². The fraction of sp³-hybridized carbons (Fsp3) is 0.923. The third-order valence-corrected chi connectivity index (χ3v) is 6.31. The maximum atomic E-state index is 11.6. The van der Waals surface area contributed by atoms with E-state index >= 15 is 0 Å². The average molecular weight is 566 g/mol. The first kappa shape index (κ1) is 42.2. The van der Waals surface area contributed by atoms with E-state index in [1.807, 2.05) is 55.4 Å². The summed E-state index contributed by atoms with van der Waals surface area (Å²) >= 11 is 16.9. The smallest absolute Gasteiger partial charge is 0.138 e. The summed E-state index contributed by atoms with van der Waals surface area (Å²) < 4.78 is 2.77. The van der Waals surface area contributed by atoms with Crippen molar-refractivity contribution in [2.45, 2.75) is 105 Å². The van der Waals surface area contributed by atoms with E-state index in [0.29, 0.717) is 37.9 Å². The minimum atomic E-state index is -0.352. The molecule has 0 atom stereocenters. The topological polar surface area (TPSA) is 49.4 Å². The molecule has 9 heteroatoms. The minimum absolute atomic E-state index is 0.159. The van der Waals surface area contributed by atoms with E-state index in [1.165, 1.54) is 0 Å². The fourth-order valence-corrected chi connectivity index (χ4v) is 2.46. The van der Waals surface area contributed by atoms with Crippen molar-refractivity contribution in [3.05, 3.63) is 0 Å². The highest BCUT2D eigenvalue weighted by Gasteiger charge is 2.25. The van der Waals surface area contributed by atoms with E-state index in [1.54, 1.807) is 0 Å². The van der Waals surface area contributed by atoms with E-state index in [4.69, 9.17) is 35.3 Å². The molecule has 0 aromatic rings. The van der Waals surface area contributed by atoms with Crippen LogP contribution in [0.4, 0.5) is 0 Å². The van der Waals surface area contributed by atoms with E-state index < -0.39 is 0 Å². The zero-order chi connectivity index (χ0) is 29.1. The van der Waals surface area contributed by atoms with E-state index in [0.717, 1.165) is 32.4 Å². The summed E-state index contributed by atoms with van der Waals surface area (Å²) in [5, 5.41) is 0. The molecule has 0 unspecified atom stereocenters. The molecule has 0 radical (unpaired) electrons. The van der Waals surface area contributed by atoms with Gasteiger partial charge in [-0.15, -0.1) is 3.94 Å². The molecule has 0 aromatic carbocycles. The Labute approximate surface area is 234 Å². The van der Waals surface area contributed by atoms with Crippen molar-refractivity contribution in [2.75, 3.05) is 55.4 Å². The molecular formula is C26H59Cl3N4O2+2. The molecule has 0 rings (SSSR count). The molecule has 0 aliphatic carbocycles. The second-order valence-corrected chi connectivity index (χ2v) is 12.7. The molecule has 1 N–H and O–H groups in total. The van der Waals surface area contributed by atoms with Crippen LogP contribution >= 0.6 is 35.3 Å². The van der Waals surface area contributed by atoms with Crippen LogP contribution in [0.5, 0.6) is 0 Å². The van der Waals surface area contributed by atoms with Crippen molar-refractivity contribution in [2.24, 2.45) is 0 Å². The highest BCUT2D eigenvalue weighted by atomic mass is 35.5. The zero-order valence-electron chi connectivity index (χ0n) is 25.4. The molecule has 0 aliphatic rings. The Balaban J connectivity index is -0.000000240. The van der Waals surface area contributed by atoms with Crippen molar-refractivity contribution in [1.82, 2.24) is 8.77 Å². The van der Waals surface area contributed by atoms with Crippen molar-refractivity contribution in [1.29, 1.82) is 0 Å². The molecule has 0 aliphatic heterocycles. The molecule has 0 heterocycles. The number of quaternary nitrogens is 2. The van der Waals surface area contributed by atoms with Gasteiger partial charge in [-0.3, -0.25) is 9.59 Å². The van der Waals surface area contributed by atoms with Crippen LogP contribution in [-0.4, -0.2) is 90.9 Å². The number of Topliss-reactive ketones (excluding diaryl/α,β-unsaturated/α-hetero) is 2. The van der Waals surface area contributed by atoms with Crippen LogP contribution in [-0.2, 0) is 9.59 Å². The summed E-state index contributed by atoms with van der Waals surface area (Å²) in [5.74, 6) is 0.597. The molecular weight excluding hydrogens is 507 g/mol. The van der Waals surface area contributed by atoms with Crippen molar-refractivity contribution < 1.29 is 18.6 Å². The number of hydrogen-bond donors (Lipinski definition) is 1. The lowest BCUT2D eigenvalue weighted by Gasteiger charge is -2.27. The summed E-state index contributed by atoms with van der Waals surface area (Å²) in [6.07, 6.45) is 3.87. The Morgan fingerprint density at radius 3 is 1.26 bits per heavy atom. The standard InChI is InChI=1S/C11H23Cl2N2O.C11H24ClN2O.2C2H6/c1-11(2,14(12)13)8-6-10(16)7-9-15(3,4)5;1-11(2,13-12)8-6-10(15)7-9-14(3,4)5;2*1-2/h6-9H2,1-5H3;13H,6-9H2,1-5H3;2*1-2H3/q2*+1;;. The first-order chi connectivity index (χ1) is 15.7. The first-order valence-electron chi connectivity index (χ1n) is 12.8. The number of halogens is 3. The summed E-state index contributed by atoms with van der Waals surface area (Å²) in [7, 11) is 12.5. The molecule has 0 amide bonds. The predicted molar refractivity (Wildman–Crippen MR) is 157 cm³/mol. The average Bonchev–Trinajstić information content (AvgIpc) is 2.75. The molecule has 0 spiro atoms. The molecule has 0 saturated carbocycles. The minimum Gasteiger partial charge on any atom is -0.331 e. The summed E-state index contributed by atoms with van der Waals surface area (Å²) in [5.41, 5.74) is -0.511. The van der Waals surface area contributed by atoms with Crippen LogP contribution < -0.4 is 4.84 Å². The molecule has 35 heavy (non-hydrogen) atoms. The highest BCUT2D eigenvalue weighted by molar-refractivity contribution is 6.34. The third-order valence-electron chi connectivity index (χ3n) is 4.88. The lowest BCUT2D eigenvalue weighted by atomic mass is 9.97. The van der Waals surface area contributed by atoms with Gasteiger partial charge in [0.25, 0.3) is 0 Å². The normalized spacial score (nSPS) is 11.9. The Morgan fingerprint density at radius 1 is 0.686 bits per heavy atom. The largest absolute Gasteiger partial charge is 0.331 e. The second-order valence-electron chi connectivity index (χ2n) is 11.6. The number of nitrogens with one attached hydrogen (secondary N) is 1. The van der Waals surface area contributed by atoms with Crippen LogP contribution in [0.2, 0.25) is 0 Å². The van der Waals surface area contributed by atoms with Crippen LogP contribution in [0.3, 0.4) is 0 Å². The number of rotatable bonds is 14. The number of ketones is 2. The SMILES string of the molecule is CC.CC.CC(C)(CCC(=O)CC[N+](C)(C)C)N(Cl)Cl.CC(C)(CCC(=O)CC[N+](C)(C)C)NCl. The lowest BCUT2D eigenvalue weighted by Crippen LogP contribution is -2.37. The van der Waals surface area contributed by atoms with E-state index in [-0.39, 0.29) is 16.9 Å². The quantitative estimate of drug-likeness (QED) is 0.185. The number of carbonyl (C=O) groups is 2. The van der Waals surface area contributed by atoms with Gasteiger partial charge in [0.15, 0.2) is 0 Å². The van der Waals surface area contributed by atoms with Gasteiger partial charge in [0.1, 0.15) is 11.6 Å². The van der Waals surface area contributed by atoms with Crippen LogP contribution in [0, 0.1) is 0 Å². The maximum absolute atomic E-state index is 11.6. The van der Waals surface area contributed by atoms with E-state index in [9.17, 15) is 9.59 Å². The van der Waals surface area contributed by atoms with Gasteiger partial charge in [-0.05, 0) is 75.9 Å². The predicted octanol–water partition coefficient (Wildman–Crippen LogP) is 6.83.